The summed E-state index contributed by atoms with van der Waals surface area (Å²) >= 11 is 6.82. The molecule has 100 valence electrons. The highest BCUT2D eigenvalue weighted by Crippen LogP contribution is 2.36. The first-order chi connectivity index (χ1) is 9.02. The van der Waals surface area contributed by atoms with Gasteiger partial charge in [0.15, 0.2) is 0 Å². The van der Waals surface area contributed by atoms with Gasteiger partial charge in [-0.2, -0.15) is 0 Å². The Morgan fingerprint density at radius 1 is 1.21 bits per heavy atom. The highest BCUT2D eigenvalue weighted by molar-refractivity contribution is 9.11. The third-order valence-corrected chi connectivity index (χ3v) is 3.86. The van der Waals surface area contributed by atoms with Crippen molar-refractivity contribution in [2.24, 2.45) is 0 Å². The molecule has 0 spiro atoms. The van der Waals surface area contributed by atoms with Crippen LogP contribution >= 0.6 is 31.9 Å². The van der Waals surface area contributed by atoms with Crippen molar-refractivity contribution in [1.29, 1.82) is 0 Å². The van der Waals surface area contributed by atoms with Crippen molar-refractivity contribution in [2.45, 2.75) is 0 Å². The van der Waals surface area contributed by atoms with Gasteiger partial charge in [0.25, 0.3) is 0 Å². The fourth-order valence-corrected chi connectivity index (χ4v) is 2.79. The number of methoxy groups -OCH3 is 1. The van der Waals surface area contributed by atoms with Crippen molar-refractivity contribution in [3.63, 3.8) is 0 Å². The van der Waals surface area contributed by atoms with Crippen LogP contribution in [0.3, 0.4) is 0 Å². The average molecular weight is 390 g/mol. The number of nitrogens with one attached hydrogen (secondary N) is 1. The Labute approximate surface area is 127 Å². The molecule has 0 atom stereocenters. The van der Waals surface area contributed by atoms with Crippen molar-refractivity contribution >= 4 is 48.9 Å². The van der Waals surface area contributed by atoms with E-state index in [1.165, 1.54) is 19.2 Å². The van der Waals surface area contributed by atoms with Gasteiger partial charge in [-0.1, -0.05) is 6.07 Å². The molecule has 2 rings (SSSR count). The molecule has 0 amide bonds. The summed E-state index contributed by atoms with van der Waals surface area (Å²) in [6.07, 6.45) is 0. The first kappa shape index (κ1) is 14.1. The molecular formula is C13H11Br2FN2O. The second-order valence-corrected chi connectivity index (χ2v) is 5.50. The average Bonchev–Trinajstić information content (AvgIpc) is 2.36. The zero-order chi connectivity index (χ0) is 14.0. The van der Waals surface area contributed by atoms with E-state index in [1.807, 2.05) is 18.2 Å². The Bertz CT molecular complexity index is 600. The van der Waals surface area contributed by atoms with E-state index in [-0.39, 0.29) is 5.69 Å². The van der Waals surface area contributed by atoms with Crippen LogP contribution in [0.1, 0.15) is 0 Å². The lowest BCUT2D eigenvalue weighted by Gasteiger charge is -2.13. The van der Waals surface area contributed by atoms with E-state index in [0.717, 1.165) is 14.6 Å². The zero-order valence-corrected chi connectivity index (χ0v) is 13.2. The molecule has 0 saturated heterocycles. The third-order valence-electron chi connectivity index (χ3n) is 2.54. The van der Waals surface area contributed by atoms with Crippen LogP contribution in [0.2, 0.25) is 0 Å². The molecule has 0 aliphatic rings. The second kappa shape index (κ2) is 5.79. The van der Waals surface area contributed by atoms with Gasteiger partial charge < -0.3 is 15.8 Å². The number of nitrogens with two attached hydrogens (primary N) is 1. The first-order valence-corrected chi connectivity index (χ1v) is 6.95. The predicted octanol–water partition coefficient (Wildman–Crippen LogP) is 4.69. The molecule has 0 aromatic heterocycles. The Morgan fingerprint density at radius 2 is 1.84 bits per heavy atom. The maximum absolute atomic E-state index is 13.9. The largest absolute Gasteiger partial charge is 0.495 e. The molecule has 6 heteroatoms. The normalized spacial score (nSPS) is 10.3. The number of anilines is 3. The Balaban J connectivity index is 2.44. The minimum atomic E-state index is -0.444. The number of ether oxygens (including phenoxy) is 1. The van der Waals surface area contributed by atoms with E-state index in [0.29, 0.717) is 11.4 Å². The van der Waals surface area contributed by atoms with Crippen LogP contribution in [-0.4, -0.2) is 7.11 Å². The molecule has 0 aliphatic heterocycles. The molecule has 0 bridgehead atoms. The van der Waals surface area contributed by atoms with Crippen LogP contribution in [0.5, 0.6) is 5.75 Å². The molecule has 3 nitrogen and oxygen atoms in total. The van der Waals surface area contributed by atoms with Crippen LogP contribution in [0.25, 0.3) is 0 Å². The maximum Gasteiger partial charge on any atom is 0.148 e. The van der Waals surface area contributed by atoms with E-state index in [4.69, 9.17) is 10.5 Å². The molecule has 0 heterocycles. The van der Waals surface area contributed by atoms with Crippen molar-refractivity contribution < 1.29 is 9.13 Å². The second-order valence-electron chi connectivity index (χ2n) is 3.80. The highest BCUT2D eigenvalue weighted by atomic mass is 79.9. The van der Waals surface area contributed by atoms with Gasteiger partial charge in [0.1, 0.15) is 11.6 Å². The monoisotopic (exact) mass is 388 g/mol. The lowest BCUT2D eigenvalue weighted by molar-refractivity contribution is 0.416. The molecule has 3 N–H and O–H groups in total. The van der Waals surface area contributed by atoms with Gasteiger partial charge in [-0.05, 0) is 44.0 Å². The van der Waals surface area contributed by atoms with E-state index >= 15 is 0 Å². The predicted molar refractivity (Wildman–Crippen MR) is 82.5 cm³/mol. The summed E-state index contributed by atoms with van der Waals surface area (Å²) in [5.74, 6) is -0.0203. The molecule has 0 aliphatic carbocycles. The number of halogens is 3. The fraction of sp³-hybridized carbons (Fsp3) is 0.0769. The fourth-order valence-electron chi connectivity index (χ4n) is 1.59. The van der Waals surface area contributed by atoms with Crippen LogP contribution < -0.4 is 15.8 Å². The van der Waals surface area contributed by atoms with E-state index in [2.05, 4.69) is 37.2 Å². The summed E-state index contributed by atoms with van der Waals surface area (Å²) in [6, 6.07) is 8.35. The minimum absolute atomic E-state index is 0.261. The summed E-state index contributed by atoms with van der Waals surface area (Å²) in [5, 5.41) is 3.01. The minimum Gasteiger partial charge on any atom is -0.495 e. The van der Waals surface area contributed by atoms with Gasteiger partial charge in [0.05, 0.1) is 24.2 Å². The van der Waals surface area contributed by atoms with E-state index in [1.54, 1.807) is 0 Å². The summed E-state index contributed by atoms with van der Waals surface area (Å²) in [6.45, 7) is 0. The van der Waals surface area contributed by atoms with Crippen molar-refractivity contribution in [1.82, 2.24) is 0 Å². The van der Waals surface area contributed by atoms with Crippen LogP contribution in [0, 0.1) is 5.82 Å². The van der Waals surface area contributed by atoms with E-state index < -0.39 is 5.82 Å². The molecule has 2 aromatic rings. The summed E-state index contributed by atoms with van der Waals surface area (Å²) in [5.41, 5.74) is 6.92. The van der Waals surface area contributed by atoms with Gasteiger partial charge in [-0.25, -0.2) is 4.39 Å². The van der Waals surface area contributed by atoms with Crippen molar-refractivity contribution in [3.8, 4) is 5.75 Å². The molecule has 2 aromatic carbocycles. The molecule has 0 radical (unpaired) electrons. The third kappa shape index (κ3) is 3.01. The van der Waals surface area contributed by atoms with Crippen LogP contribution in [0.4, 0.5) is 21.5 Å². The van der Waals surface area contributed by atoms with E-state index in [9.17, 15) is 4.39 Å². The smallest absolute Gasteiger partial charge is 0.148 e. The van der Waals surface area contributed by atoms with Crippen molar-refractivity contribution in [3.05, 3.63) is 45.1 Å². The Morgan fingerprint density at radius 3 is 2.42 bits per heavy atom. The SMILES string of the molecule is COc1cc(Nc2c(Br)cccc2Br)c(F)cc1N. The summed E-state index contributed by atoms with van der Waals surface area (Å²) < 4.78 is 20.6. The molecule has 0 unspecified atom stereocenters. The van der Waals surface area contributed by atoms with Gasteiger partial charge in [-0.15, -0.1) is 0 Å². The van der Waals surface area contributed by atoms with Gasteiger partial charge in [0.2, 0.25) is 0 Å². The van der Waals surface area contributed by atoms with Gasteiger partial charge >= 0.3 is 0 Å². The molecular weight excluding hydrogens is 379 g/mol. The Kier molecular flexibility index (Phi) is 4.31. The maximum atomic E-state index is 13.9. The lowest BCUT2D eigenvalue weighted by atomic mass is 10.2. The van der Waals surface area contributed by atoms with Gasteiger partial charge in [-0.3, -0.25) is 0 Å². The molecule has 0 saturated carbocycles. The highest BCUT2D eigenvalue weighted by Gasteiger charge is 2.11. The van der Waals surface area contributed by atoms with Crippen LogP contribution in [-0.2, 0) is 0 Å². The first-order valence-electron chi connectivity index (χ1n) is 5.37. The molecule has 19 heavy (non-hydrogen) atoms. The lowest BCUT2D eigenvalue weighted by Crippen LogP contribution is -1.99. The van der Waals surface area contributed by atoms with Gasteiger partial charge in [0, 0.05) is 21.1 Å². The summed E-state index contributed by atoms with van der Waals surface area (Å²) in [7, 11) is 1.49. The number of benzene rings is 2. The van der Waals surface area contributed by atoms with Crippen LogP contribution in [0.15, 0.2) is 39.3 Å². The number of hydrogen-bond donors (Lipinski definition) is 2. The standard InChI is InChI=1S/C13H11Br2FN2O/c1-19-12-6-11(9(16)5-10(12)17)18-13-7(14)3-2-4-8(13)15/h2-6,18H,17H2,1H3. The number of nitrogen functional groups attached to an aromatic ring is 1. The zero-order valence-electron chi connectivity index (χ0n) is 10.0. The number of para-hydroxylation sites is 1. The molecule has 0 fully saturated rings. The Hall–Kier alpha value is -1.27. The summed E-state index contributed by atoms with van der Waals surface area (Å²) in [4.78, 5) is 0. The quantitative estimate of drug-likeness (QED) is 0.749. The topological polar surface area (TPSA) is 47.3 Å². The number of rotatable bonds is 3. The van der Waals surface area contributed by atoms with Crippen molar-refractivity contribution in [2.75, 3.05) is 18.2 Å². The number of hydrogen-bond acceptors (Lipinski definition) is 3.